The van der Waals surface area contributed by atoms with Crippen molar-refractivity contribution in [3.8, 4) is 0 Å². The zero-order valence-corrected chi connectivity index (χ0v) is 42.6. The number of hydrogen-bond donors (Lipinski definition) is 2. The van der Waals surface area contributed by atoms with Gasteiger partial charge in [0.15, 0.2) is 15.1 Å². The molecule has 2 N–H and O–H groups in total. The highest BCUT2D eigenvalue weighted by molar-refractivity contribution is 6.69. The summed E-state index contributed by atoms with van der Waals surface area (Å²) in [6.07, 6.45) is -35.9. The van der Waals surface area contributed by atoms with Gasteiger partial charge >= 0.3 is 55.1 Å². The Balaban J connectivity index is -0.000000125. The molecule has 1 atom stereocenters. The fourth-order valence-electron chi connectivity index (χ4n) is 2.93. The normalized spacial score (nSPS) is 13.2. The predicted molar refractivity (Wildman–Crippen MR) is 232 cm³/mol. The quantitative estimate of drug-likeness (QED) is 0.0295. The minimum Gasteiger partial charge on any atom is -0.421 e. The average molecular weight is 1230 g/mol. The molecule has 0 spiro atoms. The Morgan fingerprint density at radius 2 is 0.870 bits per heavy atom. The first kappa shape index (κ1) is 91.6. The minimum absolute atomic E-state index is 0. The van der Waals surface area contributed by atoms with E-state index in [9.17, 15) is 101 Å². The molecular formula is C40H75F23O13Si. The van der Waals surface area contributed by atoms with E-state index in [4.69, 9.17) is 33.6 Å². The van der Waals surface area contributed by atoms with Gasteiger partial charge in [-0.3, -0.25) is 4.74 Å². The van der Waals surface area contributed by atoms with Gasteiger partial charge in [-0.1, -0.05) is 21.8 Å². The SMILES string of the molecule is C.C.CCCOCCCOCCCC(F)(F)F.COC(F)(COCCC(F)(F)F)C(F)(F)F.COCCOCOC(F)(F)F.CO[Si](C)(C)C.FC(F)(F)COC(F)(F)C(F)(F)C(F)(F)F.OCCCCOCOCCO. The second kappa shape index (κ2) is 47.7. The van der Waals surface area contributed by atoms with Crippen molar-refractivity contribution < 1.29 is 163 Å². The number of ether oxygens (including phenoxy) is 10. The van der Waals surface area contributed by atoms with E-state index in [0.717, 1.165) is 32.3 Å². The van der Waals surface area contributed by atoms with Crippen LogP contribution in [0.4, 0.5) is 101 Å². The van der Waals surface area contributed by atoms with Crippen LogP contribution in [0.5, 0.6) is 0 Å². The van der Waals surface area contributed by atoms with Crippen LogP contribution in [0.25, 0.3) is 0 Å². The van der Waals surface area contributed by atoms with E-state index in [1.165, 1.54) is 7.11 Å². The van der Waals surface area contributed by atoms with Gasteiger partial charge in [-0.2, -0.15) is 87.8 Å². The Kier molecular flexibility index (Phi) is 56.7. The van der Waals surface area contributed by atoms with E-state index in [0.29, 0.717) is 33.5 Å². The molecule has 0 aromatic carbocycles. The lowest BCUT2D eigenvalue weighted by Gasteiger charge is -2.27. The van der Waals surface area contributed by atoms with Gasteiger partial charge in [-0.25, -0.2) is 0 Å². The highest BCUT2D eigenvalue weighted by atomic mass is 28.4. The number of halogens is 23. The lowest BCUT2D eigenvalue weighted by Crippen LogP contribution is -2.54. The highest BCUT2D eigenvalue weighted by Crippen LogP contribution is 2.47. The summed E-state index contributed by atoms with van der Waals surface area (Å²) in [5.41, 5.74) is 0. The van der Waals surface area contributed by atoms with Crippen LogP contribution in [0.1, 0.15) is 66.7 Å². The van der Waals surface area contributed by atoms with Gasteiger partial charge in [0.05, 0.1) is 39.5 Å². The summed E-state index contributed by atoms with van der Waals surface area (Å²) in [6, 6.07) is 0. The Hall–Kier alpha value is -1.91. The molecule has 13 nitrogen and oxygen atoms in total. The van der Waals surface area contributed by atoms with Crippen LogP contribution in [0.15, 0.2) is 0 Å². The molecule has 0 amide bonds. The summed E-state index contributed by atoms with van der Waals surface area (Å²) in [5, 5.41) is 16.7. The third-order valence-corrected chi connectivity index (χ3v) is 8.05. The number of aliphatic hydroxyl groups excluding tert-OH is 2. The first-order valence-corrected chi connectivity index (χ1v) is 24.6. The van der Waals surface area contributed by atoms with Crippen molar-refractivity contribution >= 4 is 8.32 Å². The highest BCUT2D eigenvalue weighted by Gasteiger charge is 2.75. The maximum absolute atomic E-state index is 12.9. The zero-order valence-electron chi connectivity index (χ0n) is 41.6. The third-order valence-electron chi connectivity index (χ3n) is 6.83. The second-order valence-electron chi connectivity index (χ2n) is 14.7. The van der Waals surface area contributed by atoms with E-state index in [-0.39, 0.29) is 61.1 Å². The Morgan fingerprint density at radius 1 is 0.416 bits per heavy atom. The van der Waals surface area contributed by atoms with Crippen molar-refractivity contribution in [1.29, 1.82) is 0 Å². The largest absolute Gasteiger partial charge is 0.524 e. The summed E-state index contributed by atoms with van der Waals surface area (Å²) < 4.78 is 315. The van der Waals surface area contributed by atoms with Crippen LogP contribution in [0, 0.1) is 0 Å². The molecule has 77 heavy (non-hydrogen) atoms. The Morgan fingerprint density at radius 3 is 1.25 bits per heavy atom. The van der Waals surface area contributed by atoms with E-state index in [1.54, 1.807) is 7.11 Å². The molecular weight excluding hydrogens is 1150 g/mol. The standard InChI is InChI=1S/C10H19F3O2.C7H9F7O2.C7H16O4.C5H2F10O.C5H9F3O3.C4H12OSi.2CH4/c1-2-6-14-8-4-9-15-7-3-5-10(11,12)13;1-15-5(8,7(12,13)14)4-16-3-2-6(9,10)11;8-3-1-2-5-10-7-11-6-4-9;6-2(7,8)1-16-5(14,15)3(9,10)4(11,12)13;1-9-2-3-10-4-11-5(6,7)8;1-5-6(2,3)4;;/h2-9H2,1H3;2-4H2,1H3;8-9H,1-7H2;1H2;2-4H2,1H3;1-4H3;2*1H4. The van der Waals surface area contributed by atoms with Crippen LogP contribution >= 0.6 is 0 Å². The van der Waals surface area contributed by atoms with Gasteiger partial charge in [0.1, 0.15) is 20.0 Å². The number of rotatable bonds is 31. The maximum atomic E-state index is 12.9. The first-order chi connectivity index (χ1) is 33.8. The summed E-state index contributed by atoms with van der Waals surface area (Å²) in [4.78, 5) is 0. The Bertz CT molecular complexity index is 1250. The van der Waals surface area contributed by atoms with Crippen LogP contribution in [-0.2, 0) is 51.8 Å². The summed E-state index contributed by atoms with van der Waals surface area (Å²) >= 11 is 0. The number of aliphatic hydroxyl groups is 2. The second-order valence-corrected chi connectivity index (χ2v) is 19.3. The van der Waals surface area contributed by atoms with Gasteiger partial charge < -0.3 is 57.3 Å². The lowest BCUT2D eigenvalue weighted by atomic mass is 10.3. The Labute approximate surface area is 433 Å². The molecule has 0 aliphatic heterocycles. The number of alkyl halides is 23. The number of unbranched alkanes of at least 4 members (excludes halogenated alkanes) is 1. The lowest BCUT2D eigenvalue weighted by molar-refractivity contribution is -0.432. The molecule has 0 aromatic heterocycles. The molecule has 0 aliphatic carbocycles. The summed E-state index contributed by atoms with van der Waals surface area (Å²) in [6.45, 7) is 5.82. The van der Waals surface area contributed by atoms with E-state index >= 15 is 0 Å². The number of methoxy groups -OCH3 is 2. The van der Waals surface area contributed by atoms with Crippen molar-refractivity contribution in [2.75, 3.05) is 121 Å². The molecule has 0 rings (SSSR count). The summed E-state index contributed by atoms with van der Waals surface area (Å²) in [7, 11) is 2.51. The number of hydrogen-bond acceptors (Lipinski definition) is 13. The molecule has 0 saturated carbocycles. The molecule has 0 heterocycles. The smallest absolute Gasteiger partial charge is 0.421 e. The van der Waals surface area contributed by atoms with Gasteiger partial charge in [-0.15, -0.1) is 13.2 Å². The van der Waals surface area contributed by atoms with Gasteiger partial charge in [0.2, 0.25) is 0 Å². The van der Waals surface area contributed by atoms with Crippen LogP contribution < -0.4 is 0 Å². The predicted octanol–water partition coefficient (Wildman–Crippen LogP) is 13.0. The molecule has 0 radical (unpaired) electrons. The topological polar surface area (TPSA) is 142 Å². The van der Waals surface area contributed by atoms with Crippen molar-refractivity contribution in [2.24, 2.45) is 0 Å². The van der Waals surface area contributed by atoms with Crippen molar-refractivity contribution in [3.05, 3.63) is 0 Å². The zero-order chi connectivity index (χ0) is 60.3. The van der Waals surface area contributed by atoms with Crippen molar-refractivity contribution in [3.63, 3.8) is 0 Å². The fourth-order valence-corrected chi connectivity index (χ4v) is 2.93. The van der Waals surface area contributed by atoms with Crippen LogP contribution in [0.3, 0.4) is 0 Å². The molecule has 1 unspecified atom stereocenters. The van der Waals surface area contributed by atoms with E-state index in [1.807, 2.05) is 6.92 Å². The fraction of sp³-hybridized carbons (Fsp3) is 1.00. The molecule has 0 bridgehead atoms. The average Bonchev–Trinajstić information content (AvgIpc) is 3.25. The molecule has 0 aromatic rings. The molecule has 37 heteroatoms. The van der Waals surface area contributed by atoms with Crippen LogP contribution in [-0.4, -0.2) is 194 Å². The maximum Gasteiger partial charge on any atom is 0.524 e. The third kappa shape index (κ3) is 68.3. The first-order valence-electron chi connectivity index (χ1n) is 21.2. The van der Waals surface area contributed by atoms with Gasteiger partial charge in [0, 0.05) is 67.4 Å². The van der Waals surface area contributed by atoms with E-state index < -0.39 is 103 Å². The summed E-state index contributed by atoms with van der Waals surface area (Å²) in [5.74, 6) is -10.8. The van der Waals surface area contributed by atoms with Crippen LogP contribution in [0.2, 0.25) is 19.6 Å². The van der Waals surface area contributed by atoms with Crippen molar-refractivity contribution in [1.82, 2.24) is 0 Å². The molecule has 0 saturated heterocycles. The van der Waals surface area contributed by atoms with Crippen molar-refractivity contribution in [2.45, 2.75) is 141 Å². The van der Waals surface area contributed by atoms with E-state index in [2.05, 4.69) is 48.1 Å². The molecule has 478 valence electrons. The molecule has 0 aliphatic rings. The monoisotopic (exact) mass is 1230 g/mol. The minimum atomic E-state index is -6.72. The van der Waals surface area contributed by atoms with Gasteiger partial charge in [0.25, 0.3) is 0 Å². The molecule has 0 fully saturated rings. The van der Waals surface area contributed by atoms with Gasteiger partial charge in [-0.05, 0) is 51.7 Å².